The molecule has 5 rings (SSSR count). The summed E-state index contributed by atoms with van der Waals surface area (Å²) in [5, 5.41) is 1.13. The molecule has 1 aliphatic heterocycles. The number of hydrogen-bond acceptors (Lipinski definition) is 1. The van der Waals surface area contributed by atoms with Crippen LogP contribution in [-0.4, -0.2) is 22.3 Å². The minimum Gasteiger partial charge on any atom is -0.361 e. The number of hydrogen-bond donors (Lipinski definition) is 1. The van der Waals surface area contributed by atoms with Gasteiger partial charge in [-0.1, -0.05) is 49.4 Å². The van der Waals surface area contributed by atoms with E-state index in [9.17, 15) is 9.18 Å². The van der Waals surface area contributed by atoms with Gasteiger partial charge in [-0.05, 0) is 46.2 Å². The third-order valence-corrected chi connectivity index (χ3v) is 5.90. The van der Waals surface area contributed by atoms with Crippen LogP contribution in [0.15, 0.2) is 72.5 Å². The van der Waals surface area contributed by atoms with Gasteiger partial charge in [0, 0.05) is 30.4 Å². The topological polar surface area (TPSA) is 36.1 Å². The molecule has 4 heteroatoms. The molecule has 2 aromatic carbocycles. The van der Waals surface area contributed by atoms with Crippen molar-refractivity contribution in [2.75, 3.05) is 6.54 Å². The first-order valence-corrected chi connectivity index (χ1v) is 9.62. The molecule has 1 saturated heterocycles. The highest BCUT2D eigenvalue weighted by Gasteiger charge is 2.39. The van der Waals surface area contributed by atoms with Gasteiger partial charge in [-0.25, -0.2) is 4.39 Å². The van der Waals surface area contributed by atoms with Crippen molar-refractivity contribution in [3.63, 3.8) is 0 Å². The normalized spacial score (nSPS) is 21.3. The van der Waals surface area contributed by atoms with E-state index in [1.54, 1.807) is 17.0 Å². The summed E-state index contributed by atoms with van der Waals surface area (Å²) in [4.78, 5) is 17.7. The van der Waals surface area contributed by atoms with Crippen molar-refractivity contribution in [3.05, 3.63) is 83.8 Å². The number of aromatic amines is 1. The number of carbonyl (C=O) groups is 1. The van der Waals surface area contributed by atoms with Crippen molar-refractivity contribution < 1.29 is 9.18 Å². The SMILES string of the molecule is CC1C=CC=C2CN(Cc3ccc(-c4ccc5cc[nH]c5c4)cc3F)C(=O)C21. The third kappa shape index (κ3) is 2.76. The summed E-state index contributed by atoms with van der Waals surface area (Å²) in [7, 11) is 0. The number of benzene rings is 2. The first kappa shape index (κ1) is 17.0. The molecule has 140 valence electrons. The summed E-state index contributed by atoms with van der Waals surface area (Å²) in [6.45, 7) is 2.95. The van der Waals surface area contributed by atoms with E-state index in [1.165, 1.54) is 0 Å². The van der Waals surface area contributed by atoms with Gasteiger partial charge in [-0.15, -0.1) is 0 Å². The number of amides is 1. The minimum absolute atomic E-state index is 0.0835. The lowest BCUT2D eigenvalue weighted by Crippen LogP contribution is -2.29. The molecule has 1 N–H and O–H groups in total. The van der Waals surface area contributed by atoms with Crippen LogP contribution in [0.2, 0.25) is 0 Å². The summed E-state index contributed by atoms with van der Waals surface area (Å²) >= 11 is 0. The predicted octanol–water partition coefficient (Wildman–Crippen LogP) is 5.06. The second-order valence-electron chi connectivity index (χ2n) is 7.74. The average molecular weight is 372 g/mol. The minimum atomic E-state index is -0.271. The zero-order valence-electron chi connectivity index (χ0n) is 15.7. The molecule has 0 spiro atoms. The quantitative estimate of drug-likeness (QED) is 0.685. The average Bonchev–Trinajstić information content (AvgIpc) is 3.28. The fourth-order valence-electron chi connectivity index (χ4n) is 4.36. The van der Waals surface area contributed by atoms with Gasteiger partial charge in [0.1, 0.15) is 5.82 Å². The van der Waals surface area contributed by atoms with Crippen LogP contribution in [0.25, 0.3) is 22.0 Å². The zero-order chi connectivity index (χ0) is 19.3. The van der Waals surface area contributed by atoms with Gasteiger partial charge in [0.25, 0.3) is 0 Å². The van der Waals surface area contributed by atoms with E-state index < -0.39 is 0 Å². The van der Waals surface area contributed by atoms with Crippen molar-refractivity contribution in [2.24, 2.45) is 11.8 Å². The molecule has 1 aliphatic carbocycles. The lowest BCUT2D eigenvalue weighted by molar-refractivity contribution is -0.132. The molecule has 1 aromatic heterocycles. The molecule has 1 amide bonds. The largest absolute Gasteiger partial charge is 0.361 e. The molecular formula is C24H21FN2O. The van der Waals surface area contributed by atoms with Gasteiger partial charge in [-0.2, -0.15) is 0 Å². The molecule has 28 heavy (non-hydrogen) atoms. The molecule has 0 bridgehead atoms. The van der Waals surface area contributed by atoms with Crippen molar-refractivity contribution in [1.29, 1.82) is 0 Å². The van der Waals surface area contributed by atoms with E-state index in [-0.39, 0.29) is 23.6 Å². The maximum Gasteiger partial charge on any atom is 0.231 e. The van der Waals surface area contributed by atoms with Crippen LogP contribution in [0.1, 0.15) is 12.5 Å². The predicted molar refractivity (Wildman–Crippen MR) is 109 cm³/mol. The van der Waals surface area contributed by atoms with E-state index >= 15 is 0 Å². The number of H-pyrrole nitrogens is 1. The molecule has 0 radical (unpaired) electrons. The van der Waals surface area contributed by atoms with Crippen molar-refractivity contribution in [1.82, 2.24) is 9.88 Å². The standard InChI is InChI=1S/C24H21FN2O/c1-15-3-2-4-20-14-27(24(28)23(15)20)13-19-8-7-17(11-21(19)25)18-6-5-16-9-10-26-22(16)12-18/h2-12,15,23,26H,13-14H2,1H3. The molecule has 3 aromatic rings. The number of likely N-dealkylation sites (tertiary alicyclic amines) is 1. The Morgan fingerprint density at radius 2 is 1.96 bits per heavy atom. The summed E-state index contributed by atoms with van der Waals surface area (Å²) in [6.07, 6.45) is 8.00. The number of carbonyl (C=O) groups excluding carboxylic acids is 1. The smallest absolute Gasteiger partial charge is 0.231 e. The number of nitrogens with zero attached hydrogens (tertiary/aromatic N) is 1. The third-order valence-electron chi connectivity index (χ3n) is 5.90. The fraction of sp³-hybridized carbons (Fsp3) is 0.208. The highest BCUT2D eigenvalue weighted by atomic mass is 19.1. The molecule has 2 heterocycles. The van der Waals surface area contributed by atoms with E-state index in [0.717, 1.165) is 27.6 Å². The van der Waals surface area contributed by atoms with E-state index in [2.05, 4.69) is 18.0 Å². The lowest BCUT2D eigenvalue weighted by atomic mass is 9.85. The fourth-order valence-corrected chi connectivity index (χ4v) is 4.36. The maximum absolute atomic E-state index is 14.8. The number of rotatable bonds is 3. The Morgan fingerprint density at radius 3 is 2.79 bits per heavy atom. The highest BCUT2D eigenvalue weighted by Crippen LogP contribution is 2.35. The van der Waals surface area contributed by atoms with Gasteiger partial charge < -0.3 is 9.88 Å². The van der Waals surface area contributed by atoms with Gasteiger partial charge >= 0.3 is 0 Å². The summed E-state index contributed by atoms with van der Waals surface area (Å²) in [5.74, 6) is -0.0526. The van der Waals surface area contributed by atoms with Crippen LogP contribution in [0.4, 0.5) is 4.39 Å². The van der Waals surface area contributed by atoms with Crippen LogP contribution < -0.4 is 0 Å². The summed E-state index contributed by atoms with van der Waals surface area (Å²) in [6, 6.07) is 13.4. The maximum atomic E-state index is 14.8. The van der Waals surface area contributed by atoms with Crippen LogP contribution in [0, 0.1) is 17.7 Å². The van der Waals surface area contributed by atoms with E-state index in [0.29, 0.717) is 18.7 Å². The Hall–Kier alpha value is -3.14. The van der Waals surface area contributed by atoms with Crippen molar-refractivity contribution in [3.8, 4) is 11.1 Å². The molecule has 3 nitrogen and oxygen atoms in total. The second kappa shape index (κ2) is 6.48. The van der Waals surface area contributed by atoms with Crippen LogP contribution in [-0.2, 0) is 11.3 Å². The summed E-state index contributed by atoms with van der Waals surface area (Å²) in [5.41, 5.74) is 4.52. The monoisotopic (exact) mass is 372 g/mol. The number of halogens is 1. The first-order chi connectivity index (χ1) is 13.6. The number of nitrogens with one attached hydrogen (secondary N) is 1. The van der Waals surface area contributed by atoms with Gasteiger partial charge in [0.15, 0.2) is 0 Å². The molecular weight excluding hydrogens is 351 g/mol. The Balaban J connectivity index is 1.39. The molecule has 0 saturated carbocycles. The van der Waals surface area contributed by atoms with Crippen molar-refractivity contribution in [2.45, 2.75) is 13.5 Å². The van der Waals surface area contributed by atoms with Crippen LogP contribution >= 0.6 is 0 Å². The van der Waals surface area contributed by atoms with Crippen LogP contribution in [0.3, 0.4) is 0 Å². The molecule has 1 fully saturated rings. The number of aromatic nitrogens is 1. The first-order valence-electron chi connectivity index (χ1n) is 9.62. The molecule has 2 atom stereocenters. The molecule has 2 aliphatic rings. The van der Waals surface area contributed by atoms with E-state index in [1.807, 2.05) is 48.7 Å². The van der Waals surface area contributed by atoms with Crippen molar-refractivity contribution >= 4 is 16.8 Å². The number of allylic oxidation sites excluding steroid dienone is 3. The van der Waals surface area contributed by atoms with Gasteiger partial charge in [0.2, 0.25) is 5.91 Å². The second-order valence-corrected chi connectivity index (χ2v) is 7.74. The van der Waals surface area contributed by atoms with Gasteiger partial charge in [0.05, 0.1) is 5.92 Å². The van der Waals surface area contributed by atoms with E-state index in [4.69, 9.17) is 0 Å². The highest BCUT2D eigenvalue weighted by molar-refractivity contribution is 5.87. The Bertz CT molecular complexity index is 1140. The Labute approximate surface area is 163 Å². The summed E-state index contributed by atoms with van der Waals surface area (Å²) < 4.78 is 14.8. The van der Waals surface area contributed by atoms with Gasteiger partial charge in [-0.3, -0.25) is 4.79 Å². The number of fused-ring (bicyclic) bond motifs is 2. The van der Waals surface area contributed by atoms with Crippen LogP contribution in [0.5, 0.6) is 0 Å². The Kier molecular flexibility index (Phi) is 3.93. The Morgan fingerprint density at radius 1 is 1.14 bits per heavy atom. The molecule has 2 unspecified atom stereocenters. The lowest BCUT2D eigenvalue weighted by Gasteiger charge is -2.19. The zero-order valence-corrected chi connectivity index (χ0v) is 15.7.